The number of anilines is 1. The molecule has 4 rings (SSSR count). The number of likely N-dealkylation sites (N-methyl/N-ethyl adjacent to an activating group) is 2. The Labute approximate surface area is 198 Å². The maximum absolute atomic E-state index is 15.0. The van der Waals surface area contributed by atoms with E-state index in [-0.39, 0.29) is 24.0 Å². The van der Waals surface area contributed by atoms with E-state index in [0.717, 1.165) is 10.6 Å². The summed E-state index contributed by atoms with van der Waals surface area (Å²) in [5, 5.41) is 5.40. The van der Waals surface area contributed by atoms with Gasteiger partial charge in [-0.2, -0.15) is 0 Å². The number of piperidine rings is 2. The lowest BCUT2D eigenvalue weighted by Gasteiger charge is -2.34. The molecule has 1 atom stereocenters. The molecule has 2 N–H and O–H groups in total. The zero-order valence-corrected chi connectivity index (χ0v) is 19.7. The smallest absolute Gasteiger partial charge is 0.262 e. The Morgan fingerprint density at radius 1 is 1.09 bits per heavy atom. The fourth-order valence-corrected chi connectivity index (χ4v) is 5.01. The summed E-state index contributed by atoms with van der Waals surface area (Å²) in [4.78, 5) is 54.7. The quantitative estimate of drug-likeness (QED) is 0.542. The molecular weight excluding hydrogens is 441 g/mol. The summed E-state index contributed by atoms with van der Waals surface area (Å²) in [6, 6.07) is 4.13. The summed E-state index contributed by atoms with van der Waals surface area (Å²) in [7, 11) is 1.92. The van der Waals surface area contributed by atoms with E-state index in [4.69, 9.17) is 0 Å². The maximum atomic E-state index is 15.0. The van der Waals surface area contributed by atoms with Crippen LogP contribution >= 0.6 is 0 Å². The highest BCUT2D eigenvalue weighted by molar-refractivity contribution is 6.23. The number of alkyl halides is 1. The predicted octanol–water partition coefficient (Wildman–Crippen LogP) is 0.938. The molecule has 0 spiro atoms. The van der Waals surface area contributed by atoms with Gasteiger partial charge in [-0.25, -0.2) is 4.39 Å². The number of fused-ring (bicyclic) bond motifs is 1. The van der Waals surface area contributed by atoms with Crippen molar-refractivity contribution in [2.24, 2.45) is 0 Å². The van der Waals surface area contributed by atoms with Crippen LogP contribution in [-0.4, -0.2) is 91.5 Å². The predicted molar refractivity (Wildman–Crippen MR) is 124 cm³/mol. The van der Waals surface area contributed by atoms with Crippen molar-refractivity contribution in [2.75, 3.05) is 51.2 Å². The fourth-order valence-electron chi connectivity index (χ4n) is 5.01. The number of benzene rings is 1. The molecule has 3 aliphatic rings. The number of rotatable bonds is 8. The number of halogens is 1. The van der Waals surface area contributed by atoms with Gasteiger partial charge in [0.05, 0.1) is 11.1 Å². The molecule has 1 unspecified atom stereocenters. The zero-order chi connectivity index (χ0) is 24.5. The zero-order valence-electron chi connectivity index (χ0n) is 19.7. The number of nitrogens with zero attached hydrogens (tertiary/aromatic N) is 3. The van der Waals surface area contributed by atoms with Gasteiger partial charge in [-0.15, -0.1) is 0 Å². The lowest BCUT2D eigenvalue weighted by Crippen LogP contribution is -2.54. The lowest BCUT2D eigenvalue weighted by atomic mass is 9.94. The first kappa shape index (κ1) is 24.3. The topological polar surface area (TPSA) is 102 Å². The molecule has 3 aliphatic heterocycles. The number of hydrogen-bond donors (Lipinski definition) is 2. The van der Waals surface area contributed by atoms with Gasteiger partial charge >= 0.3 is 0 Å². The molecule has 0 saturated carbocycles. The molecule has 2 fully saturated rings. The van der Waals surface area contributed by atoms with Crippen LogP contribution in [0, 0.1) is 0 Å². The normalized spacial score (nSPS) is 22.2. The Hall–Kier alpha value is -2.85. The molecule has 1 aromatic rings. The van der Waals surface area contributed by atoms with Crippen LogP contribution in [0.2, 0.25) is 0 Å². The van der Waals surface area contributed by atoms with Crippen molar-refractivity contribution in [1.29, 1.82) is 0 Å². The Morgan fingerprint density at radius 2 is 1.79 bits per heavy atom. The third-order valence-corrected chi connectivity index (χ3v) is 6.97. The third-order valence-electron chi connectivity index (χ3n) is 6.97. The highest BCUT2D eigenvalue weighted by Crippen LogP contribution is 2.31. The van der Waals surface area contributed by atoms with E-state index in [1.807, 2.05) is 18.9 Å². The van der Waals surface area contributed by atoms with Crippen molar-refractivity contribution in [3.63, 3.8) is 0 Å². The third kappa shape index (κ3) is 4.83. The van der Waals surface area contributed by atoms with Crippen LogP contribution in [0.5, 0.6) is 0 Å². The van der Waals surface area contributed by atoms with Crippen molar-refractivity contribution in [1.82, 2.24) is 20.4 Å². The second-order valence-electron chi connectivity index (χ2n) is 9.40. The number of hydrogen-bond acceptors (Lipinski definition) is 7. The minimum Gasteiger partial charge on any atom is -0.371 e. The van der Waals surface area contributed by atoms with E-state index in [1.165, 1.54) is 0 Å². The van der Waals surface area contributed by atoms with Crippen LogP contribution in [0.1, 0.15) is 53.3 Å². The Morgan fingerprint density at radius 3 is 2.47 bits per heavy atom. The van der Waals surface area contributed by atoms with Crippen LogP contribution in [0.3, 0.4) is 0 Å². The van der Waals surface area contributed by atoms with Crippen molar-refractivity contribution < 1.29 is 23.6 Å². The van der Waals surface area contributed by atoms with E-state index >= 15 is 4.39 Å². The standard InChI is InChI=1S/C24H32FN5O4/c1-3-29(13-12-28(2)15-24(25)8-10-26-11-9-24)16-4-5-17-18(14-16)23(34)30(22(17)33)19-6-7-20(31)27-21(19)32/h4-5,14,19,26H,3,6-13,15H2,1-2H3,(H,27,31,32). The SMILES string of the molecule is CCN(CCN(C)CC1(F)CCNCC1)c1ccc2c(c1)C(=O)N(C1CCC(=O)NC1=O)C2=O. The number of amides is 4. The monoisotopic (exact) mass is 473 g/mol. The van der Waals surface area contributed by atoms with Crippen LogP contribution in [0.15, 0.2) is 18.2 Å². The summed E-state index contributed by atoms with van der Waals surface area (Å²) in [6.45, 7) is 5.74. The van der Waals surface area contributed by atoms with Gasteiger partial charge in [0.2, 0.25) is 11.8 Å². The van der Waals surface area contributed by atoms with Gasteiger partial charge in [0, 0.05) is 38.3 Å². The fraction of sp³-hybridized carbons (Fsp3) is 0.583. The number of imide groups is 2. The molecule has 1 aromatic carbocycles. The van der Waals surface area contributed by atoms with Crippen LogP contribution in [0.4, 0.5) is 10.1 Å². The molecule has 0 aromatic heterocycles. The summed E-state index contributed by atoms with van der Waals surface area (Å²) >= 11 is 0. The molecule has 184 valence electrons. The number of carbonyl (C=O) groups excluding carboxylic acids is 4. The van der Waals surface area contributed by atoms with Crippen molar-refractivity contribution >= 4 is 29.3 Å². The van der Waals surface area contributed by atoms with Gasteiger partial charge in [-0.05, 0) is 64.5 Å². The first-order chi connectivity index (χ1) is 16.2. The van der Waals surface area contributed by atoms with Gasteiger partial charge in [-0.1, -0.05) is 0 Å². The van der Waals surface area contributed by atoms with Crippen molar-refractivity contribution in [2.45, 2.75) is 44.3 Å². The van der Waals surface area contributed by atoms with Gasteiger partial charge in [-0.3, -0.25) is 29.4 Å². The van der Waals surface area contributed by atoms with Gasteiger partial charge in [0.1, 0.15) is 11.7 Å². The summed E-state index contributed by atoms with van der Waals surface area (Å²) in [5.74, 6) is -2.06. The Bertz CT molecular complexity index is 994. The molecule has 4 amide bonds. The summed E-state index contributed by atoms with van der Waals surface area (Å²) in [6.07, 6.45) is 1.24. The molecule has 0 aliphatic carbocycles. The van der Waals surface area contributed by atoms with E-state index in [1.54, 1.807) is 18.2 Å². The van der Waals surface area contributed by atoms with Crippen LogP contribution in [0.25, 0.3) is 0 Å². The van der Waals surface area contributed by atoms with E-state index < -0.39 is 35.3 Å². The number of nitrogens with one attached hydrogen (secondary N) is 2. The minimum absolute atomic E-state index is 0.0862. The second kappa shape index (κ2) is 9.79. The van der Waals surface area contributed by atoms with E-state index in [2.05, 4.69) is 15.5 Å². The number of carbonyl (C=O) groups is 4. The van der Waals surface area contributed by atoms with Gasteiger partial charge in [0.15, 0.2) is 0 Å². The Kier molecular flexibility index (Phi) is 6.99. The second-order valence-corrected chi connectivity index (χ2v) is 9.40. The first-order valence-electron chi connectivity index (χ1n) is 11.9. The lowest BCUT2D eigenvalue weighted by molar-refractivity contribution is -0.136. The minimum atomic E-state index is -1.17. The largest absolute Gasteiger partial charge is 0.371 e. The summed E-state index contributed by atoms with van der Waals surface area (Å²) < 4.78 is 15.0. The van der Waals surface area contributed by atoms with E-state index in [9.17, 15) is 19.2 Å². The van der Waals surface area contributed by atoms with Crippen molar-refractivity contribution in [3.8, 4) is 0 Å². The van der Waals surface area contributed by atoms with Crippen molar-refractivity contribution in [3.05, 3.63) is 29.3 Å². The molecule has 34 heavy (non-hydrogen) atoms. The molecule has 0 radical (unpaired) electrons. The average Bonchev–Trinajstić information content (AvgIpc) is 3.04. The summed E-state index contributed by atoms with van der Waals surface area (Å²) in [5.41, 5.74) is 0.141. The maximum Gasteiger partial charge on any atom is 0.262 e. The molecule has 2 saturated heterocycles. The van der Waals surface area contributed by atoms with Gasteiger partial charge in [0.25, 0.3) is 11.8 Å². The average molecular weight is 474 g/mol. The van der Waals surface area contributed by atoms with Gasteiger partial charge < -0.3 is 15.1 Å². The molecule has 9 nitrogen and oxygen atoms in total. The molecule has 10 heteroatoms. The molecule has 0 bridgehead atoms. The highest BCUT2D eigenvalue weighted by atomic mass is 19.1. The van der Waals surface area contributed by atoms with E-state index in [0.29, 0.717) is 52.1 Å². The first-order valence-corrected chi connectivity index (χ1v) is 11.9. The Balaban J connectivity index is 1.43. The highest BCUT2D eigenvalue weighted by Gasteiger charge is 2.44. The molecule has 3 heterocycles. The van der Waals surface area contributed by atoms with Crippen LogP contribution < -0.4 is 15.5 Å². The molecular formula is C24H32FN5O4. The van der Waals surface area contributed by atoms with Crippen LogP contribution in [-0.2, 0) is 9.59 Å².